The van der Waals surface area contributed by atoms with Gasteiger partial charge in [-0.05, 0) is 15.9 Å². The summed E-state index contributed by atoms with van der Waals surface area (Å²) in [6, 6.07) is 0. The topological polar surface area (TPSA) is 66.0 Å². The minimum absolute atomic E-state index is 0.328. The van der Waals surface area contributed by atoms with Crippen molar-refractivity contribution in [1.29, 1.82) is 0 Å². The lowest BCUT2D eigenvalue weighted by molar-refractivity contribution is 0.394. The van der Waals surface area contributed by atoms with Crippen molar-refractivity contribution in [3.05, 3.63) is 41.8 Å². The standard InChI is InChI=1S/C6HBr2N3O3/c7-1-2(8)9-4(12)10-3(1)11(5(9)13)6(10)14/h2H. The van der Waals surface area contributed by atoms with Crippen LogP contribution in [0.1, 0.15) is 4.95 Å². The number of alkyl halides is 1. The number of halogens is 2. The first-order chi connectivity index (χ1) is 6.55. The second kappa shape index (κ2) is 2.19. The fourth-order valence-corrected chi connectivity index (χ4v) is 2.72. The van der Waals surface area contributed by atoms with E-state index >= 15 is 0 Å². The van der Waals surface area contributed by atoms with E-state index in [1.54, 1.807) is 0 Å². The maximum Gasteiger partial charge on any atom is 0.348 e. The lowest BCUT2D eigenvalue weighted by Crippen LogP contribution is -2.67. The van der Waals surface area contributed by atoms with E-state index in [9.17, 15) is 14.4 Å². The van der Waals surface area contributed by atoms with Crippen LogP contribution < -0.4 is 17.1 Å². The summed E-state index contributed by atoms with van der Waals surface area (Å²) in [6.45, 7) is 0. The number of hydrogen-bond acceptors (Lipinski definition) is 3. The van der Waals surface area contributed by atoms with Gasteiger partial charge in [0.05, 0.1) is 4.48 Å². The molecule has 0 fully saturated rings. The van der Waals surface area contributed by atoms with Gasteiger partial charge in [-0.25, -0.2) is 19.0 Å². The van der Waals surface area contributed by atoms with Gasteiger partial charge in [-0.3, -0.25) is 0 Å². The molecule has 0 spiro atoms. The first-order valence-electron chi connectivity index (χ1n) is 3.61. The zero-order valence-corrected chi connectivity index (χ0v) is 9.57. The molecule has 0 N–H and O–H groups in total. The first-order valence-corrected chi connectivity index (χ1v) is 5.31. The summed E-state index contributed by atoms with van der Waals surface area (Å²) >= 11 is 6.39. The second-order valence-electron chi connectivity index (χ2n) is 2.90. The van der Waals surface area contributed by atoms with Gasteiger partial charge in [-0.1, -0.05) is 15.9 Å². The van der Waals surface area contributed by atoms with E-state index in [1.807, 2.05) is 0 Å². The van der Waals surface area contributed by atoms with Crippen LogP contribution in [0.2, 0.25) is 0 Å². The van der Waals surface area contributed by atoms with Crippen molar-refractivity contribution in [1.82, 2.24) is 13.7 Å². The maximum absolute atomic E-state index is 11.5. The van der Waals surface area contributed by atoms with Gasteiger partial charge >= 0.3 is 17.1 Å². The molecule has 8 heteroatoms. The molecule has 4 aliphatic heterocycles. The van der Waals surface area contributed by atoms with Gasteiger partial charge in [0.15, 0.2) is 5.82 Å². The molecule has 1 unspecified atom stereocenters. The predicted molar refractivity (Wildman–Crippen MR) is 53.7 cm³/mol. The molecule has 5 rings (SSSR count). The lowest BCUT2D eigenvalue weighted by Gasteiger charge is -2.32. The molecule has 0 saturated carbocycles. The van der Waals surface area contributed by atoms with Crippen LogP contribution in [0.4, 0.5) is 0 Å². The van der Waals surface area contributed by atoms with E-state index in [0.717, 1.165) is 13.7 Å². The number of rotatable bonds is 0. The van der Waals surface area contributed by atoms with Crippen LogP contribution in [0.15, 0.2) is 18.9 Å². The van der Waals surface area contributed by atoms with Crippen LogP contribution in [0.3, 0.4) is 0 Å². The van der Waals surface area contributed by atoms with Crippen molar-refractivity contribution in [2.45, 2.75) is 4.95 Å². The Morgan fingerprint density at radius 3 is 2.00 bits per heavy atom. The molecule has 1 aromatic heterocycles. The van der Waals surface area contributed by atoms with Gasteiger partial charge in [-0.15, -0.1) is 0 Å². The SMILES string of the molecule is O=c1n2c(=O)n3c(=O)n1C2=C(Br)C3Br. The Morgan fingerprint density at radius 1 is 1.00 bits per heavy atom. The third-order valence-electron chi connectivity index (χ3n) is 2.25. The minimum Gasteiger partial charge on any atom is -0.247 e. The lowest BCUT2D eigenvalue weighted by atomic mass is 10.3. The third kappa shape index (κ3) is 0.611. The summed E-state index contributed by atoms with van der Waals surface area (Å²) in [5.41, 5.74) is -1.77. The molecule has 4 aliphatic rings. The van der Waals surface area contributed by atoms with Crippen LogP contribution in [-0.2, 0) is 0 Å². The van der Waals surface area contributed by atoms with E-state index in [0.29, 0.717) is 10.3 Å². The van der Waals surface area contributed by atoms with Crippen LogP contribution >= 0.6 is 31.9 Å². The van der Waals surface area contributed by atoms with Gasteiger partial charge in [0, 0.05) is 0 Å². The number of hydrogen-bond donors (Lipinski definition) is 0. The molecule has 0 saturated heterocycles. The van der Waals surface area contributed by atoms with E-state index < -0.39 is 22.0 Å². The Hall–Kier alpha value is -0.890. The minimum atomic E-state index is -0.595. The van der Waals surface area contributed by atoms with Crippen LogP contribution in [0.25, 0.3) is 0 Å². The average molecular weight is 323 g/mol. The summed E-state index contributed by atoms with van der Waals surface area (Å²) in [7, 11) is 0. The molecule has 0 aromatic carbocycles. The molecule has 0 radical (unpaired) electrons. The van der Waals surface area contributed by atoms with Crippen molar-refractivity contribution >= 4 is 31.9 Å². The zero-order chi connectivity index (χ0) is 10.2. The molecular formula is C6HBr2N3O3. The Labute approximate surface area is 92.3 Å². The maximum atomic E-state index is 11.5. The van der Waals surface area contributed by atoms with E-state index in [1.165, 1.54) is 0 Å². The predicted octanol–water partition coefficient (Wildman–Crippen LogP) is -0.721. The monoisotopic (exact) mass is 321 g/mol. The van der Waals surface area contributed by atoms with E-state index in [-0.39, 0.29) is 0 Å². The molecule has 14 heavy (non-hydrogen) atoms. The second-order valence-corrected chi connectivity index (χ2v) is 4.62. The summed E-state index contributed by atoms with van der Waals surface area (Å²) < 4.78 is 3.50. The van der Waals surface area contributed by atoms with Crippen molar-refractivity contribution in [3.63, 3.8) is 0 Å². The summed E-state index contributed by atoms with van der Waals surface area (Å²) in [4.78, 5) is 33.7. The smallest absolute Gasteiger partial charge is 0.247 e. The highest BCUT2D eigenvalue weighted by atomic mass is 79.9. The van der Waals surface area contributed by atoms with Crippen LogP contribution in [-0.4, -0.2) is 13.7 Å². The van der Waals surface area contributed by atoms with Gasteiger partial charge < -0.3 is 0 Å². The van der Waals surface area contributed by atoms with Crippen molar-refractivity contribution in [3.8, 4) is 0 Å². The number of aromatic nitrogens is 3. The first kappa shape index (κ1) is 8.42. The molecule has 0 amide bonds. The Bertz CT molecular complexity index is 633. The van der Waals surface area contributed by atoms with Crippen molar-refractivity contribution in [2.75, 3.05) is 0 Å². The van der Waals surface area contributed by atoms with Crippen molar-refractivity contribution in [2.24, 2.45) is 0 Å². The highest BCUT2D eigenvalue weighted by molar-refractivity contribution is 9.13. The Kier molecular flexibility index (Phi) is 1.32. The molecule has 1 aromatic rings. The quantitative estimate of drug-likeness (QED) is 0.601. The van der Waals surface area contributed by atoms with E-state index in [2.05, 4.69) is 31.9 Å². The largest absolute Gasteiger partial charge is 0.348 e. The summed E-state index contributed by atoms with van der Waals surface area (Å²) in [5, 5.41) is 0. The van der Waals surface area contributed by atoms with E-state index in [4.69, 9.17) is 0 Å². The van der Waals surface area contributed by atoms with Crippen LogP contribution in [0, 0.1) is 5.82 Å². The third-order valence-corrected chi connectivity index (χ3v) is 4.52. The molecule has 4 bridgehead atoms. The van der Waals surface area contributed by atoms with Crippen molar-refractivity contribution < 1.29 is 0 Å². The zero-order valence-electron chi connectivity index (χ0n) is 6.40. The average Bonchev–Trinajstić information content (AvgIpc) is 2.10. The molecule has 6 nitrogen and oxygen atoms in total. The number of nitrogens with zero attached hydrogens (tertiary/aromatic N) is 3. The fourth-order valence-electron chi connectivity index (χ4n) is 1.61. The van der Waals surface area contributed by atoms with Gasteiger partial charge in [0.25, 0.3) is 0 Å². The molecule has 5 heterocycles. The molecule has 72 valence electrons. The highest BCUT2D eigenvalue weighted by Crippen LogP contribution is 2.33. The number of fused-ring (bicyclic) bond motifs is 1. The molecule has 1 atom stereocenters. The highest BCUT2D eigenvalue weighted by Gasteiger charge is 2.40. The van der Waals surface area contributed by atoms with Gasteiger partial charge in [0.2, 0.25) is 0 Å². The van der Waals surface area contributed by atoms with Gasteiger partial charge in [0.1, 0.15) is 4.95 Å². The van der Waals surface area contributed by atoms with Gasteiger partial charge in [-0.2, -0.15) is 9.13 Å². The number of allylic oxidation sites excluding steroid dienone is 1. The summed E-state index contributed by atoms with van der Waals surface area (Å²) in [6.07, 6.45) is 0. The molecular weight excluding hydrogens is 322 g/mol. The molecule has 0 aliphatic carbocycles. The fraction of sp³-hybridized carbons (Fsp3) is 0.167. The Balaban J connectivity index is 2.72. The summed E-state index contributed by atoms with van der Waals surface area (Å²) in [5.74, 6) is 0.328. The Morgan fingerprint density at radius 2 is 1.50 bits per heavy atom. The normalized spacial score (nSPS) is 21.4. The van der Waals surface area contributed by atoms with Crippen LogP contribution in [0.5, 0.6) is 0 Å².